The molecule has 0 saturated heterocycles. The maximum absolute atomic E-state index is 12.9. The summed E-state index contributed by atoms with van der Waals surface area (Å²) < 4.78 is 40.3. The highest BCUT2D eigenvalue weighted by molar-refractivity contribution is 5.87. The van der Waals surface area contributed by atoms with E-state index in [0.717, 1.165) is 12.1 Å². The van der Waals surface area contributed by atoms with Crippen LogP contribution in [0.4, 0.5) is 13.2 Å². The van der Waals surface area contributed by atoms with Gasteiger partial charge in [0.05, 0.1) is 23.7 Å². The van der Waals surface area contributed by atoms with Crippen LogP contribution in [-0.2, 0) is 29.0 Å². The second-order valence-electron chi connectivity index (χ2n) is 7.06. The van der Waals surface area contributed by atoms with Gasteiger partial charge in [0.15, 0.2) is 0 Å². The van der Waals surface area contributed by atoms with Crippen LogP contribution in [0, 0.1) is 0 Å². The van der Waals surface area contributed by atoms with Gasteiger partial charge in [0, 0.05) is 18.8 Å². The van der Waals surface area contributed by atoms with Crippen molar-refractivity contribution in [3.63, 3.8) is 0 Å². The maximum atomic E-state index is 12.9. The number of hydrogen-bond acceptors (Lipinski definition) is 3. The minimum absolute atomic E-state index is 0.0973. The Morgan fingerprint density at radius 2 is 1.81 bits per heavy atom. The van der Waals surface area contributed by atoms with Crippen LogP contribution < -0.4 is 5.32 Å². The van der Waals surface area contributed by atoms with Gasteiger partial charge < -0.3 is 10.4 Å². The number of carbonyl (C=O) groups is 1. The number of alkyl halides is 3. The van der Waals surface area contributed by atoms with E-state index in [2.05, 4.69) is 10.4 Å². The number of amides is 1. The molecule has 0 aliphatic carbocycles. The number of benzene rings is 1. The molecule has 0 aliphatic rings. The SMILES string of the molecule is Cn1cc(C(C)(O)CNC(=O)C(C)(C)c2cccc(C(F)(F)F)c2)cn1. The topological polar surface area (TPSA) is 67.2 Å². The predicted octanol–water partition coefficient (Wildman–Crippen LogP) is 2.74. The van der Waals surface area contributed by atoms with E-state index in [1.165, 1.54) is 43.8 Å². The molecular weight excluding hydrogens is 347 g/mol. The Morgan fingerprint density at radius 1 is 1.19 bits per heavy atom. The minimum atomic E-state index is -4.48. The molecule has 0 radical (unpaired) electrons. The molecule has 1 amide bonds. The lowest BCUT2D eigenvalue weighted by molar-refractivity contribution is -0.138. The second kappa shape index (κ2) is 6.75. The van der Waals surface area contributed by atoms with Crippen LogP contribution in [0.5, 0.6) is 0 Å². The molecule has 1 unspecified atom stereocenters. The molecule has 1 aromatic carbocycles. The summed E-state index contributed by atoms with van der Waals surface area (Å²) in [6, 6.07) is 4.69. The number of carbonyl (C=O) groups excluding carboxylic acids is 1. The molecule has 8 heteroatoms. The second-order valence-corrected chi connectivity index (χ2v) is 7.06. The molecule has 0 fully saturated rings. The van der Waals surface area contributed by atoms with E-state index in [0.29, 0.717) is 5.56 Å². The Hall–Kier alpha value is -2.35. The monoisotopic (exact) mass is 369 g/mol. The fraction of sp³-hybridized carbons (Fsp3) is 0.444. The Morgan fingerprint density at radius 3 is 2.35 bits per heavy atom. The van der Waals surface area contributed by atoms with Crippen LogP contribution in [0.3, 0.4) is 0 Å². The first-order valence-corrected chi connectivity index (χ1v) is 8.01. The maximum Gasteiger partial charge on any atom is 0.416 e. The van der Waals surface area contributed by atoms with Gasteiger partial charge in [0.2, 0.25) is 5.91 Å². The van der Waals surface area contributed by atoms with Gasteiger partial charge in [-0.1, -0.05) is 18.2 Å². The molecule has 142 valence electrons. The van der Waals surface area contributed by atoms with Gasteiger partial charge in [-0.25, -0.2) is 0 Å². The Bertz CT molecular complexity index is 795. The van der Waals surface area contributed by atoms with Gasteiger partial charge in [0.25, 0.3) is 0 Å². The Kier molecular flexibility index (Phi) is 5.19. The average molecular weight is 369 g/mol. The number of aromatic nitrogens is 2. The first kappa shape index (κ1) is 20.0. The Labute approximate surface area is 149 Å². The summed E-state index contributed by atoms with van der Waals surface area (Å²) in [5.74, 6) is -0.485. The molecular formula is C18H22F3N3O2. The molecule has 0 aliphatic heterocycles. The summed E-state index contributed by atoms with van der Waals surface area (Å²) in [6.07, 6.45) is -1.36. The summed E-state index contributed by atoms with van der Waals surface area (Å²) in [6.45, 7) is 4.51. The fourth-order valence-electron chi connectivity index (χ4n) is 2.49. The number of rotatable bonds is 5. The van der Waals surface area contributed by atoms with E-state index in [4.69, 9.17) is 0 Å². The smallest absolute Gasteiger partial charge is 0.383 e. The van der Waals surface area contributed by atoms with Crippen LogP contribution in [0.2, 0.25) is 0 Å². The minimum Gasteiger partial charge on any atom is -0.383 e. The quantitative estimate of drug-likeness (QED) is 0.852. The zero-order valence-corrected chi connectivity index (χ0v) is 15.1. The van der Waals surface area contributed by atoms with Crippen LogP contribution in [0.25, 0.3) is 0 Å². The molecule has 2 aromatic rings. The summed E-state index contributed by atoms with van der Waals surface area (Å²) >= 11 is 0. The third-order valence-corrected chi connectivity index (χ3v) is 4.40. The van der Waals surface area contributed by atoms with Crippen molar-refractivity contribution in [3.8, 4) is 0 Å². The fourth-order valence-corrected chi connectivity index (χ4v) is 2.49. The number of nitrogens with zero attached hydrogens (tertiary/aromatic N) is 2. The molecule has 26 heavy (non-hydrogen) atoms. The average Bonchev–Trinajstić information content (AvgIpc) is 2.99. The zero-order valence-electron chi connectivity index (χ0n) is 15.1. The van der Waals surface area contributed by atoms with Gasteiger partial charge in [-0.15, -0.1) is 0 Å². The standard InChI is InChI=1S/C18H22F3N3O2/c1-16(2,12-6-5-7-13(8-12)18(19,20)21)15(25)22-11-17(3,26)14-9-23-24(4)10-14/h5-10,26H,11H2,1-4H3,(H,22,25). The first-order valence-electron chi connectivity index (χ1n) is 8.01. The van der Waals surface area contributed by atoms with Gasteiger partial charge in [-0.2, -0.15) is 18.3 Å². The summed E-state index contributed by atoms with van der Waals surface area (Å²) in [7, 11) is 1.70. The van der Waals surface area contributed by atoms with Crippen molar-refractivity contribution in [2.45, 2.75) is 38.0 Å². The predicted molar refractivity (Wildman–Crippen MR) is 90.3 cm³/mol. The highest BCUT2D eigenvalue weighted by Gasteiger charge is 2.36. The highest BCUT2D eigenvalue weighted by Crippen LogP contribution is 2.33. The van der Waals surface area contributed by atoms with Crippen LogP contribution in [0.1, 0.15) is 37.5 Å². The summed E-state index contributed by atoms with van der Waals surface area (Å²) in [5.41, 5.74) is -2.60. The van der Waals surface area contributed by atoms with Crippen LogP contribution in [0.15, 0.2) is 36.7 Å². The normalized spacial score (nSPS) is 14.8. The number of nitrogens with one attached hydrogen (secondary N) is 1. The lowest BCUT2D eigenvalue weighted by atomic mass is 9.82. The van der Waals surface area contributed by atoms with Crippen molar-refractivity contribution in [1.82, 2.24) is 15.1 Å². The summed E-state index contributed by atoms with van der Waals surface area (Å²) in [4.78, 5) is 12.6. The van der Waals surface area contributed by atoms with Crippen molar-refractivity contribution < 1.29 is 23.1 Å². The van der Waals surface area contributed by atoms with Crippen LogP contribution in [-0.4, -0.2) is 27.3 Å². The number of halogens is 3. The third-order valence-electron chi connectivity index (χ3n) is 4.40. The van der Waals surface area contributed by atoms with E-state index in [1.807, 2.05) is 0 Å². The molecule has 1 atom stereocenters. The summed E-state index contributed by atoms with van der Waals surface area (Å²) in [5, 5.41) is 17.1. The molecule has 0 spiro atoms. The molecule has 2 rings (SSSR count). The molecule has 5 nitrogen and oxygen atoms in total. The van der Waals surface area contributed by atoms with Crippen molar-refractivity contribution in [2.24, 2.45) is 7.05 Å². The van der Waals surface area contributed by atoms with Crippen molar-refractivity contribution >= 4 is 5.91 Å². The molecule has 1 heterocycles. The van der Waals surface area contributed by atoms with E-state index in [-0.39, 0.29) is 12.1 Å². The lowest BCUT2D eigenvalue weighted by Crippen LogP contribution is -2.45. The van der Waals surface area contributed by atoms with E-state index < -0.39 is 28.7 Å². The van der Waals surface area contributed by atoms with E-state index in [1.54, 1.807) is 13.2 Å². The van der Waals surface area contributed by atoms with Crippen molar-refractivity contribution in [3.05, 3.63) is 53.3 Å². The van der Waals surface area contributed by atoms with E-state index >= 15 is 0 Å². The third kappa shape index (κ3) is 4.24. The highest BCUT2D eigenvalue weighted by atomic mass is 19.4. The number of aliphatic hydroxyl groups is 1. The van der Waals surface area contributed by atoms with Gasteiger partial charge in [-0.05, 0) is 32.4 Å². The van der Waals surface area contributed by atoms with Gasteiger partial charge >= 0.3 is 6.18 Å². The van der Waals surface area contributed by atoms with Gasteiger partial charge in [0.1, 0.15) is 5.60 Å². The zero-order chi connectivity index (χ0) is 19.8. The van der Waals surface area contributed by atoms with Crippen molar-refractivity contribution in [2.75, 3.05) is 6.54 Å². The molecule has 0 saturated carbocycles. The van der Waals surface area contributed by atoms with Gasteiger partial charge in [-0.3, -0.25) is 9.48 Å². The van der Waals surface area contributed by atoms with Crippen LogP contribution >= 0.6 is 0 Å². The Balaban J connectivity index is 2.15. The first-order chi connectivity index (χ1) is 11.8. The van der Waals surface area contributed by atoms with E-state index in [9.17, 15) is 23.1 Å². The largest absolute Gasteiger partial charge is 0.416 e. The molecule has 1 aromatic heterocycles. The lowest BCUT2D eigenvalue weighted by Gasteiger charge is -2.28. The van der Waals surface area contributed by atoms with Crippen molar-refractivity contribution in [1.29, 1.82) is 0 Å². The molecule has 0 bridgehead atoms. The number of hydrogen-bond donors (Lipinski definition) is 2. The number of aryl methyl sites for hydroxylation is 1. The molecule has 2 N–H and O–H groups in total.